The highest BCUT2D eigenvalue weighted by molar-refractivity contribution is 7.89. The third kappa shape index (κ3) is 5.30. The van der Waals surface area contributed by atoms with Gasteiger partial charge in [0.1, 0.15) is 0 Å². The highest BCUT2D eigenvalue weighted by Crippen LogP contribution is 2.17. The van der Waals surface area contributed by atoms with Crippen molar-refractivity contribution in [2.24, 2.45) is 5.92 Å². The number of aliphatic hydroxyl groups is 1. The largest absolute Gasteiger partial charge is 0.389 e. The van der Waals surface area contributed by atoms with Gasteiger partial charge in [0.2, 0.25) is 10.0 Å². The summed E-state index contributed by atoms with van der Waals surface area (Å²) in [5, 5.41) is 10.1. The summed E-state index contributed by atoms with van der Waals surface area (Å²) in [5.41, 5.74) is -0.0305. The van der Waals surface area contributed by atoms with Crippen LogP contribution in [0.25, 0.3) is 0 Å². The van der Waals surface area contributed by atoms with E-state index in [0.29, 0.717) is 12.3 Å². The molecular formula is C14H23NO3S. The lowest BCUT2D eigenvalue weighted by molar-refractivity contribution is 0.0437. The van der Waals surface area contributed by atoms with Gasteiger partial charge in [-0.2, -0.15) is 0 Å². The number of hydrogen-bond donors (Lipinski definition) is 2. The summed E-state index contributed by atoms with van der Waals surface area (Å²) in [6.07, 6.45) is 0.545. The first kappa shape index (κ1) is 16.1. The molecule has 0 aliphatic heterocycles. The fraction of sp³-hybridized carbons (Fsp3) is 0.571. The highest BCUT2D eigenvalue weighted by Gasteiger charge is 2.25. The van der Waals surface area contributed by atoms with Crippen molar-refractivity contribution in [3.8, 4) is 0 Å². The molecule has 4 nitrogen and oxygen atoms in total. The van der Waals surface area contributed by atoms with Crippen LogP contribution in [0.1, 0.15) is 32.8 Å². The predicted molar refractivity (Wildman–Crippen MR) is 76.4 cm³/mol. The van der Waals surface area contributed by atoms with Crippen LogP contribution in [-0.4, -0.2) is 25.7 Å². The molecule has 1 aromatic rings. The number of sulfonamides is 1. The minimum atomic E-state index is -3.56. The van der Waals surface area contributed by atoms with E-state index in [9.17, 15) is 13.5 Å². The third-order valence-corrected chi connectivity index (χ3v) is 4.24. The van der Waals surface area contributed by atoms with Crippen LogP contribution in [-0.2, 0) is 10.0 Å². The highest BCUT2D eigenvalue weighted by atomic mass is 32.2. The summed E-state index contributed by atoms with van der Waals surface area (Å²) in [5.74, 6) is 0.305. The van der Waals surface area contributed by atoms with Gasteiger partial charge in [0.15, 0.2) is 0 Å². The van der Waals surface area contributed by atoms with Gasteiger partial charge in [0.05, 0.1) is 10.5 Å². The number of aryl methyl sites for hydroxylation is 1. The van der Waals surface area contributed by atoms with Crippen molar-refractivity contribution < 1.29 is 13.5 Å². The van der Waals surface area contributed by atoms with E-state index in [1.807, 2.05) is 20.8 Å². The van der Waals surface area contributed by atoms with Crippen LogP contribution in [0.4, 0.5) is 0 Å². The fourth-order valence-electron chi connectivity index (χ4n) is 2.00. The van der Waals surface area contributed by atoms with Crippen molar-refractivity contribution in [2.45, 2.75) is 44.6 Å². The van der Waals surface area contributed by atoms with E-state index in [2.05, 4.69) is 4.72 Å². The standard InChI is InChI=1S/C14H23NO3S/c1-11(2)9-14(4,16)10-15-19(17,18)13-7-5-12(3)6-8-13/h5-8,11,15-16H,9-10H2,1-4H3. The molecule has 0 saturated carbocycles. The molecule has 2 N–H and O–H groups in total. The van der Waals surface area contributed by atoms with E-state index < -0.39 is 15.6 Å². The molecule has 0 aliphatic rings. The smallest absolute Gasteiger partial charge is 0.240 e. The molecule has 0 amide bonds. The van der Waals surface area contributed by atoms with Crippen LogP contribution in [0.15, 0.2) is 29.2 Å². The first-order valence-electron chi connectivity index (χ1n) is 6.41. The summed E-state index contributed by atoms with van der Waals surface area (Å²) < 4.78 is 26.6. The lowest BCUT2D eigenvalue weighted by Gasteiger charge is -2.25. The topological polar surface area (TPSA) is 66.4 Å². The quantitative estimate of drug-likeness (QED) is 0.841. The SMILES string of the molecule is Cc1ccc(S(=O)(=O)NCC(C)(O)CC(C)C)cc1. The zero-order chi connectivity index (χ0) is 14.7. The molecule has 1 atom stereocenters. The van der Waals surface area contributed by atoms with Gasteiger partial charge in [-0.3, -0.25) is 0 Å². The Labute approximate surface area is 115 Å². The summed E-state index contributed by atoms with van der Waals surface area (Å²) in [4.78, 5) is 0.221. The number of nitrogens with one attached hydrogen (secondary N) is 1. The van der Waals surface area contributed by atoms with Crippen molar-refractivity contribution in [1.82, 2.24) is 4.72 Å². The first-order chi connectivity index (χ1) is 8.62. The van der Waals surface area contributed by atoms with Crippen molar-refractivity contribution in [3.63, 3.8) is 0 Å². The minimum absolute atomic E-state index is 0.0153. The van der Waals surface area contributed by atoms with Gasteiger partial charge in [-0.1, -0.05) is 31.5 Å². The van der Waals surface area contributed by atoms with E-state index in [4.69, 9.17) is 0 Å². The van der Waals surface area contributed by atoms with Gasteiger partial charge in [-0.05, 0) is 38.3 Å². The lowest BCUT2D eigenvalue weighted by atomic mass is 9.95. The van der Waals surface area contributed by atoms with E-state index in [1.165, 1.54) is 0 Å². The average Bonchev–Trinajstić information content (AvgIpc) is 2.26. The molecule has 0 saturated heterocycles. The molecule has 108 valence electrons. The molecule has 1 unspecified atom stereocenters. The van der Waals surface area contributed by atoms with E-state index >= 15 is 0 Å². The van der Waals surface area contributed by atoms with Crippen LogP contribution in [0.2, 0.25) is 0 Å². The summed E-state index contributed by atoms with van der Waals surface area (Å²) in [6, 6.07) is 6.63. The lowest BCUT2D eigenvalue weighted by Crippen LogP contribution is -2.41. The van der Waals surface area contributed by atoms with Crippen molar-refractivity contribution in [2.75, 3.05) is 6.54 Å². The zero-order valence-electron chi connectivity index (χ0n) is 12.0. The summed E-state index contributed by atoms with van der Waals surface area (Å²) in [6.45, 7) is 7.54. The maximum atomic E-state index is 12.1. The molecule has 0 fully saturated rings. The normalized spacial score (nSPS) is 15.5. The molecule has 1 aromatic carbocycles. The zero-order valence-corrected chi connectivity index (χ0v) is 12.8. The van der Waals surface area contributed by atoms with Gasteiger partial charge < -0.3 is 5.11 Å². The van der Waals surface area contributed by atoms with Crippen LogP contribution < -0.4 is 4.72 Å². The van der Waals surface area contributed by atoms with Crippen LogP contribution in [0, 0.1) is 12.8 Å². The monoisotopic (exact) mass is 285 g/mol. The molecule has 0 aromatic heterocycles. The molecule has 0 aliphatic carbocycles. The molecule has 0 bridgehead atoms. The first-order valence-corrected chi connectivity index (χ1v) is 7.89. The third-order valence-electron chi connectivity index (χ3n) is 2.82. The van der Waals surface area contributed by atoms with E-state index in [0.717, 1.165) is 5.56 Å². The molecule has 0 spiro atoms. The molecule has 0 heterocycles. The average molecular weight is 285 g/mol. The van der Waals surface area contributed by atoms with E-state index in [1.54, 1.807) is 31.2 Å². The summed E-state index contributed by atoms with van der Waals surface area (Å²) in [7, 11) is -3.56. The van der Waals surface area contributed by atoms with Gasteiger partial charge in [0, 0.05) is 6.54 Å². The second-order valence-corrected chi connectivity index (χ2v) is 7.50. The molecule has 0 radical (unpaired) electrons. The number of rotatable bonds is 6. The van der Waals surface area contributed by atoms with Crippen molar-refractivity contribution >= 4 is 10.0 Å². The Morgan fingerprint density at radius 2 is 1.79 bits per heavy atom. The number of benzene rings is 1. The Morgan fingerprint density at radius 1 is 1.26 bits per heavy atom. The Kier molecular flexibility index (Phi) is 5.12. The maximum absolute atomic E-state index is 12.1. The molecule has 1 rings (SSSR count). The van der Waals surface area contributed by atoms with Gasteiger partial charge in [-0.25, -0.2) is 13.1 Å². The molecule has 5 heteroatoms. The van der Waals surface area contributed by atoms with Crippen LogP contribution in [0.3, 0.4) is 0 Å². The summed E-state index contributed by atoms with van der Waals surface area (Å²) >= 11 is 0. The van der Waals surface area contributed by atoms with Gasteiger partial charge in [-0.15, -0.1) is 0 Å². The fourth-order valence-corrected chi connectivity index (χ4v) is 3.16. The Balaban J connectivity index is 2.73. The van der Waals surface area contributed by atoms with Crippen molar-refractivity contribution in [3.05, 3.63) is 29.8 Å². The second-order valence-electron chi connectivity index (χ2n) is 5.73. The molecular weight excluding hydrogens is 262 g/mol. The Hall–Kier alpha value is -0.910. The second kappa shape index (κ2) is 6.03. The Morgan fingerprint density at radius 3 is 2.26 bits per heavy atom. The van der Waals surface area contributed by atoms with Crippen LogP contribution >= 0.6 is 0 Å². The van der Waals surface area contributed by atoms with E-state index in [-0.39, 0.29) is 11.4 Å². The van der Waals surface area contributed by atoms with Crippen LogP contribution in [0.5, 0.6) is 0 Å². The molecule has 19 heavy (non-hydrogen) atoms. The van der Waals surface area contributed by atoms with Crippen molar-refractivity contribution in [1.29, 1.82) is 0 Å². The van der Waals surface area contributed by atoms with Gasteiger partial charge in [0.25, 0.3) is 0 Å². The number of hydrogen-bond acceptors (Lipinski definition) is 3. The van der Waals surface area contributed by atoms with Gasteiger partial charge >= 0.3 is 0 Å². The Bertz CT molecular complexity index is 504. The minimum Gasteiger partial charge on any atom is -0.389 e. The predicted octanol–water partition coefficient (Wildman–Crippen LogP) is 2.07. The maximum Gasteiger partial charge on any atom is 0.240 e.